The second-order valence-electron chi connectivity index (χ2n) is 2.43. The molecule has 0 amide bonds. The van der Waals surface area contributed by atoms with Gasteiger partial charge >= 0.3 is 0 Å². The number of hydrogen-bond donors (Lipinski definition) is 0. The Morgan fingerprint density at radius 1 is 1.54 bits per heavy atom. The summed E-state index contributed by atoms with van der Waals surface area (Å²) in [5, 5.41) is 5.72. The average molecular weight is 352 g/mol. The first-order valence-corrected chi connectivity index (χ1v) is 3.59. The molecule has 1 aromatic rings. The second-order valence-corrected chi connectivity index (χ2v) is 2.43. The van der Waals surface area contributed by atoms with Crippen LogP contribution in [0.2, 0.25) is 0 Å². The largest absolute Gasteiger partial charge is 0.464 e. The van der Waals surface area contributed by atoms with Gasteiger partial charge in [-0.1, -0.05) is 6.20 Å². The van der Waals surface area contributed by atoms with E-state index in [1.165, 1.54) is 0 Å². The molecule has 0 aromatic carbocycles. The summed E-state index contributed by atoms with van der Waals surface area (Å²) in [7, 11) is 1.86. The molecule has 1 aromatic heterocycles. The first-order chi connectivity index (χ1) is 5.86. The van der Waals surface area contributed by atoms with E-state index in [1.807, 2.05) is 25.8 Å². The molecule has 71 valence electrons. The van der Waals surface area contributed by atoms with Crippen LogP contribution in [0.25, 0.3) is 0 Å². The summed E-state index contributed by atoms with van der Waals surface area (Å²) in [6.45, 7) is 1.83. The smallest absolute Gasteiger partial charge is 0.0844 e. The van der Waals surface area contributed by atoms with Crippen molar-refractivity contribution in [2.24, 2.45) is 5.10 Å². The number of anilines is 1. The van der Waals surface area contributed by atoms with E-state index in [0.717, 1.165) is 5.82 Å². The Bertz CT molecular complexity index is 287. The molecule has 1 aliphatic rings. The van der Waals surface area contributed by atoms with Gasteiger partial charge in [0, 0.05) is 25.9 Å². The molecule has 0 N–H and O–H groups in total. The van der Waals surface area contributed by atoms with Crippen LogP contribution in [-0.2, 0) is 20.1 Å². The molecule has 0 unspecified atom stereocenters. The molecule has 1 aliphatic heterocycles. The number of hydrazone groups is 1. The van der Waals surface area contributed by atoms with Crippen molar-refractivity contribution in [1.29, 1.82) is 0 Å². The van der Waals surface area contributed by atoms with Gasteiger partial charge in [0.05, 0.1) is 6.34 Å². The molecule has 2 heterocycles. The minimum Gasteiger partial charge on any atom is -0.464 e. The monoisotopic (exact) mass is 353 g/mol. The van der Waals surface area contributed by atoms with Crippen LogP contribution in [0.3, 0.4) is 0 Å². The van der Waals surface area contributed by atoms with Gasteiger partial charge in [0.1, 0.15) is 0 Å². The molecule has 0 bridgehead atoms. The minimum atomic E-state index is 0. The Morgan fingerprint density at radius 2 is 2.38 bits per heavy atom. The summed E-state index contributed by atoms with van der Waals surface area (Å²) >= 11 is 0. The molecular weight excluding hydrogens is 344 g/mol. The average Bonchev–Trinajstić information content (AvgIpc) is 2.54. The van der Waals surface area contributed by atoms with Gasteiger partial charge in [0.25, 0.3) is 0 Å². The van der Waals surface area contributed by atoms with Gasteiger partial charge in [-0.05, 0) is 7.05 Å². The summed E-state index contributed by atoms with van der Waals surface area (Å²) in [6, 6.07) is 6.65. The Balaban J connectivity index is 0.000000845. The zero-order valence-corrected chi connectivity index (χ0v) is 9.40. The van der Waals surface area contributed by atoms with Gasteiger partial charge in [-0.3, -0.25) is 4.98 Å². The summed E-state index contributed by atoms with van der Waals surface area (Å²) in [4.78, 5) is 5.92. The van der Waals surface area contributed by atoms with Crippen molar-refractivity contribution in [3.05, 3.63) is 31.1 Å². The second kappa shape index (κ2) is 4.35. The topological polar surface area (TPSA) is 31.7 Å². The first kappa shape index (κ1) is 10.2. The van der Waals surface area contributed by atoms with E-state index in [9.17, 15) is 0 Å². The van der Waals surface area contributed by atoms with Crippen LogP contribution in [0.15, 0.2) is 23.4 Å². The van der Waals surface area contributed by atoms with Crippen molar-refractivity contribution < 1.29 is 20.1 Å². The molecule has 2 rings (SSSR count). The molecule has 0 fully saturated rings. The maximum absolute atomic E-state index is 4.12. The van der Waals surface area contributed by atoms with Crippen molar-refractivity contribution in [2.75, 3.05) is 11.9 Å². The van der Waals surface area contributed by atoms with Gasteiger partial charge in [-0.25, -0.2) is 17.2 Å². The van der Waals surface area contributed by atoms with E-state index in [2.05, 4.69) is 16.2 Å². The van der Waals surface area contributed by atoms with Crippen LogP contribution < -0.4 is 4.90 Å². The fraction of sp³-hybridized carbons (Fsp3) is 0.125. The van der Waals surface area contributed by atoms with Crippen LogP contribution in [0.4, 0.5) is 5.82 Å². The van der Waals surface area contributed by atoms with Gasteiger partial charge in [-0.15, -0.1) is 6.67 Å². The summed E-state index contributed by atoms with van der Waals surface area (Å²) < 4.78 is 0. The van der Waals surface area contributed by atoms with Gasteiger partial charge in [0.2, 0.25) is 0 Å². The normalized spacial score (nSPS) is 14.5. The molecular formula is C8H8IrN4-2. The van der Waals surface area contributed by atoms with Crippen molar-refractivity contribution >= 4 is 12.2 Å². The number of hydrogen-bond acceptors (Lipinski definition) is 4. The molecule has 0 saturated carbocycles. The van der Waals surface area contributed by atoms with Crippen LogP contribution in [0.5, 0.6) is 0 Å². The molecule has 4 nitrogen and oxygen atoms in total. The third-order valence-electron chi connectivity index (χ3n) is 1.49. The maximum atomic E-state index is 4.12. The molecule has 0 saturated heterocycles. The van der Waals surface area contributed by atoms with E-state index in [1.54, 1.807) is 22.4 Å². The zero-order valence-electron chi connectivity index (χ0n) is 7.01. The number of aromatic nitrogens is 1. The Labute approximate surface area is 90.6 Å². The molecule has 5 heteroatoms. The quantitative estimate of drug-likeness (QED) is 0.697. The summed E-state index contributed by atoms with van der Waals surface area (Å²) in [6.07, 6.45) is 3.42. The number of rotatable bonds is 1. The fourth-order valence-corrected chi connectivity index (χ4v) is 0.944. The van der Waals surface area contributed by atoms with E-state index in [-0.39, 0.29) is 20.1 Å². The Kier molecular flexibility index (Phi) is 3.39. The van der Waals surface area contributed by atoms with Crippen LogP contribution in [0.1, 0.15) is 0 Å². The van der Waals surface area contributed by atoms with Crippen molar-refractivity contribution in [3.63, 3.8) is 0 Å². The third kappa shape index (κ3) is 2.26. The third-order valence-corrected chi connectivity index (χ3v) is 1.49. The zero-order chi connectivity index (χ0) is 8.39. The fourth-order valence-electron chi connectivity index (χ4n) is 0.944. The van der Waals surface area contributed by atoms with Crippen molar-refractivity contribution in [2.45, 2.75) is 0 Å². The molecule has 0 aliphatic carbocycles. The first-order valence-electron chi connectivity index (χ1n) is 3.59. The van der Waals surface area contributed by atoms with E-state index in [0.29, 0.717) is 0 Å². The van der Waals surface area contributed by atoms with Crippen LogP contribution in [0, 0.1) is 12.7 Å². The Hall–Kier alpha value is -0.931. The molecule has 0 atom stereocenters. The van der Waals surface area contributed by atoms with Crippen LogP contribution in [-0.4, -0.2) is 23.4 Å². The predicted molar refractivity (Wildman–Crippen MR) is 46.1 cm³/mol. The summed E-state index contributed by atoms with van der Waals surface area (Å²) in [5.41, 5.74) is 0. The van der Waals surface area contributed by atoms with E-state index < -0.39 is 0 Å². The molecule has 1 radical (unpaired) electrons. The minimum absolute atomic E-state index is 0. The van der Waals surface area contributed by atoms with E-state index >= 15 is 0 Å². The maximum Gasteiger partial charge on any atom is 0.0844 e. The van der Waals surface area contributed by atoms with E-state index in [4.69, 9.17) is 0 Å². The van der Waals surface area contributed by atoms with Crippen molar-refractivity contribution in [1.82, 2.24) is 9.99 Å². The number of pyridine rings is 1. The van der Waals surface area contributed by atoms with Gasteiger partial charge in [0.15, 0.2) is 0 Å². The van der Waals surface area contributed by atoms with Crippen molar-refractivity contribution in [3.8, 4) is 0 Å². The Morgan fingerprint density at radius 3 is 2.92 bits per heavy atom. The predicted octanol–water partition coefficient (Wildman–Crippen LogP) is 0.694. The SMILES string of the molecule is CN1[CH-]N(c2[c-]cccn2)C=N1.[Ir]. The molecule has 0 spiro atoms. The molecule has 13 heavy (non-hydrogen) atoms. The summed E-state index contributed by atoms with van der Waals surface area (Å²) in [5.74, 6) is 0.755. The standard InChI is InChI=1S/C8H8N4.Ir/c1-11-7-12(6-10-11)8-4-2-3-5-9-8;/h2-3,5-7H,1H3;/q-2;. The van der Waals surface area contributed by atoms with Gasteiger partial charge in [-0.2, -0.15) is 6.07 Å². The van der Waals surface area contributed by atoms with Crippen LogP contribution >= 0.6 is 0 Å². The van der Waals surface area contributed by atoms with Gasteiger partial charge < -0.3 is 9.91 Å². The number of nitrogens with zero attached hydrogens (tertiary/aromatic N) is 4.